The number of rotatable bonds is 1. The minimum atomic E-state index is 0.480. The molecule has 0 radical (unpaired) electrons. The predicted molar refractivity (Wildman–Crippen MR) is 47.2 cm³/mol. The first-order valence-electron chi connectivity index (χ1n) is 3.74. The van der Waals surface area contributed by atoms with Crippen molar-refractivity contribution in [2.75, 3.05) is 6.54 Å². The summed E-state index contributed by atoms with van der Waals surface area (Å²) >= 11 is 0. The molecule has 2 nitrogen and oxygen atoms in total. The van der Waals surface area contributed by atoms with E-state index in [0.717, 1.165) is 5.70 Å². The van der Waals surface area contributed by atoms with Gasteiger partial charge in [-0.05, 0) is 12.0 Å². The second kappa shape index (κ2) is 3.82. The molecule has 0 unspecified atom stereocenters. The van der Waals surface area contributed by atoms with Crippen molar-refractivity contribution in [3.05, 3.63) is 11.8 Å². The minimum Gasteiger partial charge on any atom is -0.318 e. The fourth-order valence-electron chi connectivity index (χ4n) is 0.766. The van der Waals surface area contributed by atoms with E-state index in [9.17, 15) is 0 Å². The smallest absolute Gasteiger partial charge is 0.102 e. The Morgan fingerprint density at radius 2 is 2.45 bits per heavy atom. The fraction of sp³-hybridized carbons (Fsp3) is 0.444. The summed E-state index contributed by atoms with van der Waals surface area (Å²) in [5.41, 5.74) is 1.13. The van der Waals surface area contributed by atoms with E-state index < -0.39 is 0 Å². The van der Waals surface area contributed by atoms with Crippen molar-refractivity contribution in [3.8, 4) is 12.0 Å². The quantitative estimate of drug-likeness (QED) is 0.554. The SMILES string of the molecule is CC(C)/C1=C/C=N\CC#CN1. The van der Waals surface area contributed by atoms with Gasteiger partial charge in [-0.1, -0.05) is 19.8 Å². The molecular weight excluding hydrogens is 136 g/mol. The highest BCUT2D eigenvalue weighted by Crippen LogP contribution is 2.03. The monoisotopic (exact) mass is 148 g/mol. The van der Waals surface area contributed by atoms with Crippen LogP contribution in [0.4, 0.5) is 0 Å². The van der Waals surface area contributed by atoms with Crippen LogP contribution in [0.25, 0.3) is 0 Å². The Kier molecular flexibility index (Phi) is 2.74. The summed E-state index contributed by atoms with van der Waals surface area (Å²) in [6.45, 7) is 4.83. The zero-order valence-electron chi connectivity index (χ0n) is 6.89. The molecule has 1 aliphatic heterocycles. The van der Waals surface area contributed by atoms with Gasteiger partial charge in [-0.15, -0.1) is 0 Å². The summed E-state index contributed by atoms with van der Waals surface area (Å²) in [5, 5.41) is 3.03. The number of aliphatic imine (C=N–C) groups is 1. The van der Waals surface area contributed by atoms with E-state index in [1.807, 2.05) is 6.08 Å². The Balaban J connectivity index is 2.72. The summed E-state index contributed by atoms with van der Waals surface area (Å²) in [5.74, 6) is 3.35. The molecule has 1 rings (SSSR count). The second-order valence-electron chi connectivity index (χ2n) is 2.69. The molecule has 1 aliphatic rings. The topological polar surface area (TPSA) is 24.4 Å². The van der Waals surface area contributed by atoms with Crippen molar-refractivity contribution in [2.45, 2.75) is 13.8 Å². The lowest BCUT2D eigenvalue weighted by Crippen LogP contribution is -2.12. The normalized spacial score (nSPS) is 23.4. The molecule has 0 aromatic rings. The Morgan fingerprint density at radius 1 is 1.64 bits per heavy atom. The van der Waals surface area contributed by atoms with Crippen molar-refractivity contribution < 1.29 is 0 Å². The molecule has 0 aromatic carbocycles. The molecule has 0 bridgehead atoms. The van der Waals surface area contributed by atoms with E-state index in [-0.39, 0.29) is 0 Å². The van der Waals surface area contributed by atoms with E-state index in [4.69, 9.17) is 0 Å². The van der Waals surface area contributed by atoms with Crippen molar-refractivity contribution in [1.82, 2.24) is 5.32 Å². The third-order valence-corrected chi connectivity index (χ3v) is 1.45. The summed E-state index contributed by atoms with van der Waals surface area (Å²) in [6.07, 6.45) is 3.77. The third-order valence-electron chi connectivity index (χ3n) is 1.45. The molecule has 58 valence electrons. The highest BCUT2D eigenvalue weighted by molar-refractivity contribution is 5.72. The molecule has 0 amide bonds. The van der Waals surface area contributed by atoms with E-state index in [1.54, 1.807) is 6.21 Å². The van der Waals surface area contributed by atoms with Crippen LogP contribution in [-0.2, 0) is 0 Å². The van der Waals surface area contributed by atoms with Gasteiger partial charge in [0.15, 0.2) is 0 Å². The Morgan fingerprint density at radius 3 is 3.18 bits per heavy atom. The third kappa shape index (κ3) is 2.46. The number of allylic oxidation sites excluding steroid dienone is 2. The number of nitrogens with one attached hydrogen (secondary N) is 1. The highest BCUT2D eigenvalue weighted by atomic mass is 14.9. The maximum absolute atomic E-state index is 4.05. The highest BCUT2D eigenvalue weighted by Gasteiger charge is 1.99. The summed E-state index contributed by atoms with van der Waals surface area (Å²) < 4.78 is 0. The lowest BCUT2D eigenvalue weighted by Gasteiger charge is -2.08. The Hall–Kier alpha value is -1.23. The molecule has 0 spiro atoms. The molecule has 0 aromatic heterocycles. The van der Waals surface area contributed by atoms with Crippen LogP contribution < -0.4 is 5.32 Å². The second-order valence-corrected chi connectivity index (χ2v) is 2.69. The zero-order valence-corrected chi connectivity index (χ0v) is 6.89. The van der Waals surface area contributed by atoms with Gasteiger partial charge in [-0.3, -0.25) is 4.99 Å². The first-order chi connectivity index (χ1) is 5.30. The van der Waals surface area contributed by atoms with Gasteiger partial charge in [-0.25, -0.2) is 0 Å². The van der Waals surface area contributed by atoms with Crippen molar-refractivity contribution in [3.63, 3.8) is 0 Å². The van der Waals surface area contributed by atoms with Gasteiger partial charge in [-0.2, -0.15) is 0 Å². The van der Waals surface area contributed by atoms with Crippen LogP contribution in [0, 0.1) is 17.9 Å². The van der Waals surface area contributed by atoms with Gasteiger partial charge in [0.2, 0.25) is 0 Å². The van der Waals surface area contributed by atoms with Crippen LogP contribution in [0.1, 0.15) is 13.8 Å². The molecule has 11 heavy (non-hydrogen) atoms. The maximum Gasteiger partial charge on any atom is 0.102 e. The molecule has 1 heterocycles. The van der Waals surface area contributed by atoms with Crippen molar-refractivity contribution in [2.24, 2.45) is 10.9 Å². The molecule has 0 aliphatic carbocycles. The molecular formula is C9H12N2. The average molecular weight is 148 g/mol. The number of hydrogen-bond acceptors (Lipinski definition) is 2. The maximum atomic E-state index is 4.05. The van der Waals surface area contributed by atoms with Crippen LogP contribution in [0.3, 0.4) is 0 Å². The van der Waals surface area contributed by atoms with Gasteiger partial charge in [0.25, 0.3) is 0 Å². The summed E-state index contributed by atoms with van der Waals surface area (Å²) in [7, 11) is 0. The van der Waals surface area contributed by atoms with Crippen LogP contribution >= 0.6 is 0 Å². The first-order valence-corrected chi connectivity index (χ1v) is 3.74. The van der Waals surface area contributed by atoms with E-state index in [0.29, 0.717) is 12.5 Å². The van der Waals surface area contributed by atoms with Crippen LogP contribution in [0.15, 0.2) is 16.8 Å². The van der Waals surface area contributed by atoms with Gasteiger partial charge in [0.05, 0.1) is 0 Å². The van der Waals surface area contributed by atoms with Crippen LogP contribution in [-0.4, -0.2) is 12.8 Å². The van der Waals surface area contributed by atoms with Crippen LogP contribution in [0.5, 0.6) is 0 Å². The van der Waals surface area contributed by atoms with Crippen LogP contribution in [0.2, 0.25) is 0 Å². The van der Waals surface area contributed by atoms with Gasteiger partial charge in [0.1, 0.15) is 6.54 Å². The molecule has 2 heteroatoms. The van der Waals surface area contributed by atoms with E-state index in [1.165, 1.54) is 0 Å². The van der Waals surface area contributed by atoms with Gasteiger partial charge < -0.3 is 5.32 Å². The Labute approximate surface area is 67.4 Å². The Bertz CT molecular complexity index is 238. The molecule has 0 saturated carbocycles. The van der Waals surface area contributed by atoms with Crippen molar-refractivity contribution >= 4 is 6.21 Å². The largest absolute Gasteiger partial charge is 0.318 e. The summed E-state index contributed by atoms with van der Waals surface area (Å²) in [4.78, 5) is 4.05. The fourth-order valence-corrected chi connectivity index (χ4v) is 0.766. The van der Waals surface area contributed by atoms with Gasteiger partial charge >= 0.3 is 0 Å². The molecule has 0 saturated heterocycles. The zero-order chi connectivity index (χ0) is 8.10. The van der Waals surface area contributed by atoms with E-state index in [2.05, 4.69) is 36.1 Å². The number of nitrogens with zero attached hydrogens (tertiary/aromatic N) is 1. The molecule has 0 fully saturated rings. The minimum absolute atomic E-state index is 0.480. The van der Waals surface area contributed by atoms with E-state index >= 15 is 0 Å². The predicted octanol–water partition coefficient (Wildman–Crippen LogP) is 1.16. The summed E-state index contributed by atoms with van der Waals surface area (Å²) in [6, 6.07) is 2.84. The number of hydrogen-bond donors (Lipinski definition) is 1. The lowest BCUT2D eigenvalue weighted by atomic mass is 10.1. The average Bonchev–Trinajstić information content (AvgIpc) is 1.84. The van der Waals surface area contributed by atoms with Crippen molar-refractivity contribution in [1.29, 1.82) is 0 Å². The standard InChI is InChI=1S/C9H12N2/c1-8(2)9-4-7-10-5-3-6-11-9/h4,7-8,11H,5H2,1-2H3/b9-4-,10-7-. The molecule has 1 N–H and O–H groups in total. The first kappa shape index (κ1) is 7.87. The van der Waals surface area contributed by atoms with Gasteiger partial charge in [0, 0.05) is 18.0 Å². The molecule has 0 atom stereocenters. The lowest BCUT2D eigenvalue weighted by molar-refractivity contribution is 0.723.